The number of hydrogen-bond acceptors (Lipinski definition) is 2. The normalized spacial score (nSPS) is 14.4. The quantitative estimate of drug-likeness (QED) is 0.921. The lowest BCUT2D eigenvalue weighted by molar-refractivity contribution is 0.0937. The van der Waals surface area contributed by atoms with Crippen molar-refractivity contribution in [1.82, 2.24) is 14.9 Å². The van der Waals surface area contributed by atoms with Crippen LogP contribution in [0.2, 0.25) is 5.02 Å². The van der Waals surface area contributed by atoms with Crippen LogP contribution in [0, 0.1) is 0 Å². The summed E-state index contributed by atoms with van der Waals surface area (Å²) in [7, 11) is 0. The molecular weight excluding hydrogens is 310 g/mol. The second-order valence-corrected chi connectivity index (χ2v) is 6.76. The number of benzene rings is 1. The van der Waals surface area contributed by atoms with Crippen molar-refractivity contribution in [3.05, 3.63) is 40.7 Å². The Labute approximate surface area is 141 Å². The highest BCUT2D eigenvalue weighted by Gasteiger charge is 2.24. The van der Waals surface area contributed by atoms with Gasteiger partial charge in [-0.15, -0.1) is 0 Å². The number of carbonyl (C=O) groups excluding carboxylic acids is 1. The molecule has 1 aromatic carbocycles. The highest BCUT2D eigenvalue weighted by molar-refractivity contribution is 6.30. The minimum absolute atomic E-state index is 0.0779. The number of aromatic nitrogens is 2. The molecule has 0 fully saturated rings. The van der Waals surface area contributed by atoms with Crippen molar-refractivity contribution in [1.29, 1.82) is 0 Å². The van der Waals surface area contributed by atoms with E-state index in [-0.39, 0.29) is 11.9 Å². The van der Waals surface area contributed by atoms with E-state index < -0.39 is 0 Å². The molecule has 4 nitrogen and oxygen atoms in total. The Bertz CT molecular complexity index is 704. The monoisotopic (exact) mass is 331 g/mol. The summed E-state index contributed by atoms with van der Waals surface area (Å²) in [6.07, 6.45) is 4.32. The third-order valence-corrected chi connectivity index (χ3v) is 4.36. The Morgan fingerprint density at radius 2 is 1.96 bits per heavy atom. The highest BCUT2D eigenvalue weighted by Crippen LogP contribution is 2.28. The van der Waals surface area contributed by atoms with Gasteiger partial charge in [0.25, 0.3) is 5.91 Å². The summed E-state index contributed by atoms with van der Waals surface area (Å²) < 4.78 is 2.21. The summed E-state index contributed by atoms with van der Waals surface area (Å²) in [5, 5.41) is 3.67. The Morgan fingerprint density at radius 1 is 1.22 bits per heavy atom. The van der Waals surface area contributed by atoms with Gasteiger partial charge in [0.1, 0.15) is 11.5 Å². The van der Waals surface area contributed by atoms with Crippen LogP contribution >= 0.6 is 11.6 Å². The van der Waals surface area contributed by atoms with Gasteiger partial charge in [-0.25, -0.2) is 4.98 Å². The number of imidazole rings is 1. The molecule has 0 unspecified atom stereocenters. The zero-order chi connectivity index (χ0) is 16.4. The van der Waals surface area contributed by atoms with Crippen molar-refractivity contribution in [3.63, 3.8) is 0 Å². The first-order valence-electron chi connectivity index (χ1n) is 8.22. The number of nitrogens with one attached hydrogen (secondary N) is 1. The van der Waals surface area contributed by atoms with E-state index in [1.54, 1.807) is 0 Å². The number of hydrogen-bond donors (Lipinski definition) is 1. The molecule has 1 amide bonds. The molecule has 0 bridgehead atoms. The average Bonchev–Trinajstić information content (AvgIpc) is 2.70. The van der Waals surface area contributed by atoms with Gasteiger partial charge < -0.3 is 9.88 Å². The van der Waals surface area contributed by atoms with Crippen LogP contribution in [0.5, 0.6) is 0 Å². The molecule has 0 aliphatic carbocycles. The maximum atomic E-state index is 12.5. The summed E-state index contributed by atoms with van der Waals surface area (Å²) >= 11 is 5.99. The van der Waals surface area contributed by atoms with Crippen molar-refractivity contribution in [2.45, 2.75) is 52.1 Å². The fourth-order valence-corrected chi connectivity index (χ4v) is 3.18. The highest BCUT2D eigenvalue weighted by atomic mass is 35.5. The Kier molecular flexibility index (Phi) is 4.71. The number of amides is 1. The molecule has 0 atom stereocenters. The molecule has 0 saturated heterocycles. The van der Waals surface area contributed by atoms with Crippen LogP contribution in [0.4, 0.5) is 0 Å². The lowest BCUT2D eigenvalue weighted by Gasteiger charge is -2.10. The minimum Gasteiger partial charge on any atom is -0.348 e. The van der Waals surface area contributed by atoms with E-state index in [4.69, 9.17) is 16.6 Å². The molecule has 1 aliphatic rings. The van der Waals surface area contributed by atoms with Gasteiger partial charge in [0.2, 0.25) is 0 Å². The molecule has 0 spiro atoms. The van der Waals surface area contributed by atoms with Crippen LogP contribution in [-0.2, 0) is 13.0 Å². The van der Waals surface area contributed by atoms with Crippen LogP contribution in [0.3, 0.4) is 0 Å². The Morgan fingerprint density at radius 3 is 2.65 bits per heavy atom. The predicted octanol–water partition coefficient (Wildman–Crippen LogP) is 4.07. The molecule has 1 N–H and O–H groups in total. The largest absolute Gasteiger partial charge is 0.348 e. The summed E-state index contributed by atoms with van der Waals surface area (Å²) in [6.45, 7) is 4.84. The molecular formula is C18H22ClN3O. The number of rotatable bonds is 3. The molecule has 0 radical (unpaired) electrons. The third kappa shape index (κ3) is 3.42. The molecule has 3 rings (SSSR count). The first-order chi connectivity index (χ1) is 11.1. The van der Waals surface area contributed by atoms with Gasteiger partial charge in [-0.05, 0) is 57.4 Å². The Balaban J connectivity index is 2.07. The van der Waals surface area contributed by atoms with Crippen LogP contribution in [0.1, 0.15) is 49.3 Å². The zero-order valence-electron chi connectivity index (χ0n) is 13.6. The van der Waals surface area contributed by atoms with E-state index in [1.807, 2.05) is 38.1 Å². The van der Waals surface area contributed by atoms with Crippen LogP contribution in [-0.4, -0.2) is 21.5 Å². The fraction of sp³-hybridized carbons (Fsp3) is 0.444. The molecule has 122 valence electrons. The molecule has 1 aliphatic heterocycles. The summed E-state index contributed by atoms with van der Waals surface area (Å²) in [6, 6.07) is 7.76. The number of halogens is 1. The number of nitrogens with zero attached hydrogens (tertiary/aromatic N) is 2. The average molecular weight is 332 g/mol. The van der Waals surface area contributed by atoms with E-state index in [0.717, 1.165) is 42.9 Å². The number of fused-ring (bicyclic) bond motifs is 1. The molecule has 0 saturated carbocycles. The zero-order valence-corrected chi connectivity index (χ0v) is 14.4. The van der Waals surface area contributed by atoms with Crippen LogP contribution in [0.15, 0.2) is 24.3 Å². The maximum Gasteiger partial charge on any atom is 0.271 e. The van der Waals surface area contributed by atoms with E-state index in [2.05, 4.69) is 9.88 Å². The number of carbonyl (C=O) groups is 1. The maximum absolute atomic E-state index is 12.5. The van der Waals surface area contributed by atoms with Crippen molar-refractivity contribution in [2.75, 3.05) is 0 Å². The smallest absolute Gasteiger partial charge is 0.271 e. The minimum atomic E-state index is -0.0779. The lowest BCUT2D eigenvalue weighted by atomic mass is 10.1. The van der Waals surface area contributed by atoms with Gasteiger partial charge in [-0.3, -0.25) is 4.79 Å². The van der Waals surface area contributed by atoms with Crippen molar-refractivity contribution < 1.29 is 4.79 Å². The SMILES string of the molecule is CC(C)NC(=O)c1nc(-c2ccc(Cl)cc2)n2c1CCCCC2. The Hall–Kier alpha value is -1.81. The summed E-state index contributed by atoms with van der Waals surface area (Å²) in [4.78, 5) is 17.2. The van der Waals surface area contributed by atoms with Crippen molar-refractivity contribution in [2.24, 2.45) is 0 Å². The van der Waals surface area contributed by atoms with Gasteiger partial charge in [0, 0.05) is 23.2 Å². The first-order valence-corrected chi connectivity index (χ1v) is 8.60. The van der Waals surface area contributed by atoms with Crippen molar-refractivity contribution in [3.8, 4) is 11.4 Å². The van der Waals surface area contributed by atoms with Gasteiger partial charge in [-0.1, -0.05) is 18.0 Å². The second-order valence-electron chi connectivity index (χ2n) is 6.33. The first kappa shape index (κ1) is 16.1. The fourth-order valence-electron chi connectivity index (χ4n) is 3.05. The standard InChI is InChI=1S/C18H22ClN3O/c1-12(2)20-18(23)16-15-6-4-3-5-11-22(15)17(21-16)13-7-9-14(19)10-8-13/h7-10,12H,3-6,11H2,1-2H3,(H,20,23). The van der Waals surface area contributed by atoms with Gasteiger partial charge in [-0.2, -0.15) is 0 Å². The topological polar surface area (TPSA) is 46.9 Å². The van der Waals surface area contributed by atoms with Gasteiger partial charge in [0.15, 0.2) is 0 Å². The van der Waals surface area contributed by atoms with E-state index >= 15 is 0 Å². The third-order valence-electron chi connectivity index (χ3n) is 4.11. The predicted molar refractivity (Wildman–Crippen MR) is 92.8 cm³/mol. The molecule has 1 aromatic heterocycles. The summed E-state index contributed by atoms with van der Waals surface area (Å²) in [5.41, 5.74) is 2.64. The lowest BCUT2D eigenvalue weighted by Crippen LogP contribution is -2.31. The molecule has 5 heteroatoms. The van der Waals surface area contributed by atoms with Crippen LogP contribution < -0.4 is 5.32 Å². The van der Waals surface area contributed by atoms with Gasteiger partial charge in [0.05, 0.1) is 5.69 Å². The molecule has 2 heterocycles. The van der Waals surface area contributed by atoms with Crippen molar-refractivity contribution >= 4 is 17.5 Å². The van der Waals surface area contributed by atoms with Gasteiger partial charge >= 0.3 is 0 Å². The van der Waals surface area contributed by atoms with E-state index in [9.17, 15) is 4.79 Å². The van der Waals surface area contributed by atoms with E-state index in [0.29, 0.717) is 10.7 Å². The molecule has 2 aromatic rings. The van der Waals surface area contributed by atoms with E-state index in [1.165, 1.54) is 6.42 Å². The second kappa shape index (κ2) is 6.75. The molecule has 23 heavy (non-hydrogen) atoms. The summed E-state index contributed by atoms with van der Waals surface area (Å²) in [5.74, 6) is 0.790. The van der Waals surface area contributed by atoms with Crippen LogP contribution in [0.25, 0.3) is 11.4 Å².